The van der Waals surface area contributed by atoms with Gasteiger partial charge in [0.2, 0.25) is 11.5 Å². The van der Waals surface area contributed by atoms with Gasteiger partial charge in [-0.25, -0.2) is 14.6 Å². The van der Waals surface area contributed by atoms with E-state index in [-0.39, 0.29) is 28.7 Å². The Bertz CT molecular complexity index is 728. The van der Waals surface area contributed by atoms with Crippen LogP contribution in [0.25, 0.3) is 11.2 Å². The number of nitrogens with zero attached hydrogens (tertiary/aromatic N) is 4. The van der Waals surface area contributed by atoms with Crippen molar-refractivity contribution in [3.63, 3.8) is 0 Å². The van der Waals surface area contributed by atoms with Crippen LogP contribution >= 0.6 is 11.6 Å². The number of rotatable bonds is 4. The average Bonchev–Trinajstić information content (AvgIpc) is 2.92. The van der Waals surface area contributed by atoms with Crippen molar-refractivity contribution in [1.29, 1.82) is 0 Å². The van der Waals surface area contributed by atoms with Gasteiger partial charge in [0, 0.05) is 0 Å². The maximum absolute atomic E-state index is 12.3. The van der Waals surface area contributed by atoms with Gasteiger partial charge in [-0.1, -0.05) is 18.5 Å². The molecule has 9 nitrogen and oxygen atoms in total. The van der Waals surface area contributed by atoms with Crippen LogP contribution in [-0.2, 0) is 24.6 Å². The zero-order valence-electron chi connectivity index (χ0n) is 12.2. The molecular weight excluding hydrogens is 314 g/mol. The van der Waals surface area contributed by atoms with E-state index in [1.54, 1.807) is 6.92 Å². The molecule has 0 radical (unpaired) electrons. The fraction of sp³-hybridized carbons (Fsp3) is 0.417. The van der Waals surface area contributed by atoms with Gasteiger partial charge in [-0.15, -0.1) is 0 Å². The Labute approximate surface area is 130 Å². The van der Waals surface area contributed by atoms with Gasteiger partial charge < -0.3 is 15.2 Å². The van der Waals surface area contributed by atoms with Gasteiger partial charge in [0.1, 0.15) is 5.52 Å². The molecule has 2 rings (SSSR count). The maximum atomic E-state index is 12.3. The molecule has 0 aromatic carbocycles. The fourth-order valence-electron chi connectivity index (χ4n) is 2.24. The van der Waals surface area contributed by atoms with Crippen LogP contribution in [0, 0.1) is 0 Å². The maximum Gasteiger partial charge on any atom is 0.343 e. The lowest BCUT2D eigenvalue weighted by Crippen LogP contribution is -2.49. The van der Waals surface area contributed by atoms with Crippen LogP contribution in [0.1, 0.15) is 13.3 Å². The molecule has 22 heavy (non-hydrogen) atoms. The molecule has 0 aliphatic carbocycles. The second-order valence-corrected chi connectivity index (χ2v) is 4.71. The molecule has 10 heteroatoms. The number of nitrogens with two attached hydrogens (primary N) is 1. The molecule has 0 bridgehead atoms. The number of nitrogen functional groups attached to an aromatic ring is 1. The second kappa shape index (κ2) is 5.76. The van der Waals surface area contributed by atoms with Crippen molar-refractivity contribution in [2.24, 2.45) is 0 Å². The highest BCUT2D eigenvalue weighted by Crippen LogP contribution is 2.30. The number of carbonyl (C=O) groups excluding carboxylic acids is 2. The Morgan fingerprint density at radius 3 is 2.41 bits per heavy atom. The smallest absolute Gasteiger partial charge is 0.343 e. The molecule has 0 saturated carbocycles. The van der Waals surface area contributed by atoms with Crippen molar-refractivity contribution >= 4 is 40.7 Å². The van der Waals surface area contributed by atoms with Crippen LogP contribution in [-0.4, -0.2) is 45.7 Å². The third-order valence-electron chi connectivity index (χ3n) is 3.34. The van der Waals surface area contributed by atoms with E-state index in [0.717, 1.165) is 0 Å². The number of aromatic nitrogens is 4. The van der Waals surface area contributed by atoms with Crippen molar-refractivity contribution in [3.8, 4) is 0 Å². The standard InChI is InChI=1S/C12H14ClN5O4/c1-4-12(9(19)21-2,10(20)22-3)18-5-15-6-7(13)16-11(14)17-8(6)18/h5H,4H2,1-3H3,(H2,14,16,17). The summed E-state index contributed by atoms with van der Waals surface area (Å²) in [6.07, 6.45) is 1.31. The first-order valence-electron chi connectivity index (χ1n) is 6.25. The summed E-state index contributed by atoms with van der Waals surface area (Å²) in [5, 5.41) is 0.0148. The van der Waals surface area contributed by atoms with E-state index in [1.165, 1.54) is 25.1 Å². The molecule has 0 aliphatic rings. The minimum Gasteiger partial charge on any atom is -0.467 e. The molecular formula is C12H14ClN5O4. The molecule has 2 aromatic rings. The number of esters is 2. The highest BCUT2D eigenvalue weighted by molar-refractivity contribution is 6.33. The molecule has 2 aromatic heterocycles. The number of carbonyl (C=O) groups is 2. The number of imidazole rings is 1. The Balaban J connectivity index is 2.83. The monoisotopic (exact) mass is 327 g/mol. The van der Waals surface area contributed by atoms with Crippen molar-refractivity contribution < 1.29 is 19.1 Å². The molecule has 0 saturated heterocycles. The summed E-state index contributed by atoms with van der Waals surface area (Å²) in [5.41, 5.74) is 4.14. The number of methoxy groups -OCH3 is 2. The highest BCUT2D eigenvalue weighted by Gasteiger charge is 2.50. The Morgan fingerprint density at radius 2 is 1.91 bits per heavy atom. The number of hydrogen-bond donors (Lipinski definition) is 1. The predicted octanol–water partition coefficient (Wildman–Crippen LogP) is 0.513. The van der Waals surface area contributed by atoms with Gasteiger partial charge in [0.05, 0.1) is 20.5 Å². The molecule has 0 unspecified atom stereocenters. The van der Waals surface area contributed by atoms with E-state index in [4.69, 9.17) is 26.8 Å². The van der Waals surface area contributed by atoms with Crippen molar-refractivity contribution in [3.05, 3.63) is 11.5 Å². The summed E-state index contributed by atoms with van der Waals surface area (Å²) < 4.78 is 10.8. The van der Waals surface area contributed by atoms with E-state index in [9.17, 15) is 9.59 Å². The zero-order valence-corrected chi connectivity index (χ0v) is 12.9. The van der Waals surface area contributed by atoms with E-state index in [1.807, 2.05) is 0 Å². The van der Waals surface area contributed by atoms with Crippen LogP contribution in [0.4, 0.5) is 5.95 Å². The topological polar surface area (TPSA) is 122 Å². The summed E-state index contributed by atoms with van der Waals surface area (Å²) in [5.74, 6) is -1.73. The van der Waals surface area contributed by atoms with Crippen LogP contribution < -0.4 is 5.73 Å². The normalized spacial score (nSPS) is 11.5. The van der Waals surface area contributed by atoms with Gasteiger partial charge in [-0.3, -0.25) is 4.57 Å². The summed E-state index contributed by atoms with van der Waals surface area (Å²) >= 11 is 5.96. The largest absolute Gasteiger partial charge is 0.467 e. The summed E-state index contributed by atoms with van der Waals surface area (Å²) in [4.78, 5) is 36.4. The van der Waals surface area contributed by atoms with E-state index in [2.05, 4.69) is 15.0 Å². The lowest BCUT2D eigenvalue weighted by Gasteiger charge is -2.28. The third kappa shape index (κ3) is 2.13. The molecule has 0 aliphatic heterocycles. The van der Waals surface area contributed by atoms with Crippen LogP contribution in [0.5, 0.6) is 0 Å². The minimum absolute atomic E-state index is 0.0148. The van der Waals surface area contributed by atoms with Gasteiger partial charge in [-0.05, 0) is 6.42 Å². The van der Waals surface area contributed by atoms with Crippen LogP contribution in [0.2, 0.25) is 5.15 Å². The predicted molar refractivity (Wildman–Crippen MR) is 77.0 cm³/mol. The molecule has 2 N–H and O–H groups in total. The highest BCUT2D eigenvalue weighted by atomic mass is 35.5. The number of anilines is 1. The quantitative estimate of drug-likeness (QED) is 0.489. The molecule has 0 amide bonds. The van der Waals surface area contributed by atoms with Gasteiger partial charge >= 0.3 is 11.9 Å². The molecule has 0 spiro atoms. The van der Waals surface area contributed by atoms with E-state index < -0.39 is 17.5 Å². The number of hydrogen-bond acceptors (Lipinski definition) is 8. The van der Waals surface area contributed by atoms with Gasteiger partial charge in [-0.2, -0.15) is 9.97 Å². The van der Waals surface area contributed by atoms with Crippen molar-refractivity contribution in [1.82, 2.24) is 19.5 Å². The fourth-order valence-corrected chi connectivity index (χ4v) is 2.46. The van der Waals surface area contributed by atoms with E-state index in [0.29, 0.717) is 0 Å². The zero-order chi connectivity index (χ0) is 16.5. The Kier molecular flexibility index (Phi) is 4.18. The summed E-state index contributed by atoms with van der Waals surface area (Å²) in [6, 6.07) is 0. The van der Waals surface area contributed by atoms with Crippen molar-refractivity contribution in [2.45, 2.75) is 18.9 Å². The first-order chi connectivity index (χ1) is 10.4. The number of fused-ring (bicyclic) bond motifs is 1. The molecule has 2 heterocycles. The minimum atomic E-state index is -1.78. The first kappa shape index (κ1) is 16.0. The average molecular weight is 328 g/mol. The number of ether oxygens (including phenoxy) is 2. The Hall–Kier alpha value is -2.42. The van der Waals surface area contributed by atoms with E-state index >= 15 is 0 Å². The summed E-state index contributed by atoms with van der Waals surface area (Å²) in [7, 11) is 2.34. The summed E-state index contributed by atoms with van der Waals surface area (Å²) in [6.45, 7) is 1.63. The molecule has 0 atom stereocenters. The first-order valence-corrected chi connectivity index (χ1v) is 6.63. The van der Waals surface area contributed by atoms with Crippen LogP contribution in [0.3, 0.4) is 0 Å². The molecule has 118 valence electrons. The van der Waals surface area contributed by atoms with Gasteiger partial charge in [0.15, 0.2) is 10.8 Å². The lowest BCUT2D eigenvalue weighted by atomic mass is 9.96. The molecule has 0 fully saturated rings. The van der Waals surface area contributed by atoms with Gasteiger partial charge in [0.25, 0.3) is 0 Å². The lowest BCUT2D eigenvalue weighted by molar-refractivity contribution is -0.167. The second-order valence-electron chi connectivity index (χ2n) is 4.36. The number of halogens is 1. The third-order valence-corrected chi connectivity index (χ3v) is 3.60. The SMILES string of the molecule is CCC(C(=O)OC)(C(=O)OC)n1cnc2c(Cl)nc(N)nc21. The van der Waals surface area contributed by atoms with Crippen LogP contribution in [0.15, 0.2) is 6.33 Å². The Morgan fingerprint density at radius 1 is 1.32 bits per heavy atom. The van der Waals surface area contributed by atoms with Crippen molar-refractivity contribution in [2.75, 3.05) is 20.0 Å².